The summed E-state index contributed by atoms with van der Waals surface area (Å²) in [4.78, 5) is 11.6. The molecule has 0 bridgehead atoms. The third-order valence-corrected chi connectivity index (χ3v) is 2.45. The first-order valence-electron chi connectivity index (χ1n) is 5.30. The van der Waals surface area contributed by atoms with Crippen LogP contribution in [0.5, 0.6) is 0 Å². The van der Waals surface area contributed by atoms with Gasteiger partial charge in [0.25, 0.3) is 5.91 Å². The first-order valence-corrected chi connectivity index (χ1v) is 5.30. The summed E-state index contributed by atoms with van der Waals surface area (Å²) >= 11 is 0. The third-order valence-electron chi connectivity index (χ3n) is 2.45. The van der Waals surface area contributed by atoms with Crippen molar-refractivity contribution in [1.29, 1.82) is 0 Å². The van der Waals surface area contributed by atoms with Crippen LogP contribution in [0, 0.1) is 29.1 Å². The van der Waals surface area contributed by atoms with Gasteiger partial charge in [-0.25, -0.2) is 22.0 Å². The number of para-hydroxylation sites is 1. The van der Waals surface area contributed by atoms with Crippen molar-refractivity contribution in [3.8, 4) is 0 Å². The molecule has 0 saturated carbocycles. The van der Waals surface area contributed by atoms with Crippen molar-refractivity contribution < 1.29 is 26.7 Å². The lowest BCUT2D eigenvalue weighted by molar-refractivity contribution is 0.102. The van der Waals surface area contributed by atoms with E-state index in [-0.39, 0.29) is 0 Å². The zero-order valence-corrected chi connectivity index (χ0v) is 9.68. The van der Waals surface area contributed by atoms with E-state index >= 15 is 0 Å². The molecule has 0 heterocycles. The second kappa shape index (κ2) is 5.28. The summed E-state index contributed by atoms with van der Waals surface area (Å²) < 4.78 is 65.2. The molecule has 2 nitrogen and oxygen atoms in total. The van der Waals surface area contributed by atoms with E-state index in [9.17, 15) is 26.7 Å². The van der Waals surface area contributed by atoms with Crippen LogP contribution in [0.15, 0.2) is 30.3 Å². The standard InChI is InChI=1S/C13H6F5NO/c14-7-2-1-3-8(15)12(7)19-13(20)6-4-9(16)11(18)10(17)5-6/h1-5H,(H,19,20). The number of carbonyl (C=O) groups excluding carboxylic acids is 1. The van der Waals surface area contributed by atoms with E-state index in [0.717, 1.165) is 18.2 Å². The van der Waals surface area contributed by atoms with Crippen molar-refractivity contribution in [2.45, 2.75) is 0 Å². The molecule has 0 aliphatic heterocycles. The third kappa shape index (κ3) is 2.61. The number of hydrogen-bond acceptors (Lipinski definition) is 1. The lowest BCUT2D eigenvalue weighted by atomic mass is 10.2. The molecule has 2 aromatic carbocycles. The zero-order valence-electron chi connectivity index (χ0n) is 9.68. The molecule has 0 radical (unpaired) electrons. The highest BCUT2D eigenvalue weighted by Gasteiger charge is 2.17. The average Bonchev–Trinajstić information content (AvgIpc) is 2.39. The summed E-state index contributed by atoms with van der Waals surface area (Å²) in [5.74, 6) is -8.18. The van der Waals surface area contributed by atoms with Gasteiger partial charge in [0.15, 0.2) is 17.5 Å². The molecular formula is C13H6F5NO. The summed E-state index contributed by atoms with van der Waals surface area (Å²) in [5.41, 5.74) is -1.37. The van der Waals surface area contributed by atoms with Gasteiger partial charge >= 0.3 is 0 Å². The van der Waals surface area contributed by atoms with Crippen LogP contribution in [0.25, 0.3) is 0 Å². The minimum absolute atomic E-state index is 0.423. The fourth-order valence-electron chi connectivity index (χ4n) is 1.49. The molecule has 20 heavy (non-hydrogen) atoms. The van der Waals surface area contributed by atoms with Crippen molar-refractivity contribution in [3.05, 3.63) is 65.0 Å². The maximum absolute atomic E-state index is 13.3. The highest BCUT2D eigenvalue weighted by Crippen LogP contribution is 2.20. The molecule has 0 atom stereocenters. The van der Waals surface area contributed by atoms with Crippen LogP contribution in [0.1, 0.15) is 10.4 Å². The largest absolute Gasteiger partial charge is 0.317 e. The molecule has 0 saturated heterocycles. The zero-order chi connectivity index (χ0) is 14.9. The van der Waals surface area contributed by atoms with Gasteiger partial charge in [-0.15, -0.1) is 0 Å². The van der Waals surface area contributed by atoms with Gasteiger partial charge in [0.1, 0.15) is 17.3 Å². The van der Waals surface area contributed by atoms with Gasteiger partial charge in [0.2, 0.25) is 0 Å². The molecule has 104 valence electrons. The van der Waals surface area contributed by atoms with Gasteiger partial charge in [-0.1, -0.05) is 6.07 Å². The van der Waals surface area contributed by atoms with Crippen LogP contribution < -0.4 is 5.32 Å². The minimum atomic E-state index is -1.74. The average molecular weight is 287 g/mol. The Hall–Kier alpha value is -2.44. The molecule has 0 unspecified atom stereocenters. The number of anilines is 1. The van der Waals surface area contributed by atoms with Gasteiger partial charge in [-0.2, -0.15) is 0 Å². The number of benzene rings is 2. The van der Waals surface area contributed by atoms with E-state index in [1.807, 2.05) is 5.32 Å². The monoisotopic (exact) mass is 287 g/mol. The number of rotatable bonds is 2. The van der Waals surface area contributed by atoms with Gasteiger partial charge < -0.3 is 5.32 Å². The van der Waals surface area contributed by atoms with E-state index in [0.29, 0.717) is 12.1 Å². The van der Waals surface area contributed by atoms with Crippen LogP contribution in [0.4, 0.5) is 27.6 Å². The van der Waals surface area contributed by atoms with E-state index in [1.54, 1.807) is 0 Å². The quantitative estimate of drug-likeness (QED) is 0.663. The van der Waals surface area contributed by atoms with Crippen LogP contribution in [-0.4, -0.2) is 5.91 Å². The molecule has 7 heteroatoms. The van der Waals surface area contributed by atoms with Crippen molar-refractivity contribution in [2.75, 3.05) is 5.32 Å². The van der Waals surface area contributed by atoms with Gasteiger partial charge in [-0.3, -0.25) is 4.79 Å². The molecule has 0 aliphatic carbocycles. The van der Waals surface area contributed by atoms with Gasteiger partial charge in [0, 0.05) is 5.56 Å². The minimum Gasteiger partial charge on any atom is -0.317 e. The Balaban J connectivity index is 2.34. The van der Waals surface area contributed by atoms with Crippen molar-refractivity contribution in [1.82, 2.24) is 0 Å². The number of hydrogen-bond donors (Lipinski definition) is 1. The highest BCUT2D eigenvalue weighted by molar-refractivity contribution is 6.04. The fraction of sp³-hybridized carbons (Fsp3) is 0. The number of amides is 1. The summed E-state index contributed by atoms with van der Waals surface area (Å²) in [5, 5.41) is 1.82. The normalized spacial score (nSPS) is 10.4. The smallest absolute Gasteiger partial charge is 0.256 e. The Morgan fingerprint density at radius 2 is 1.35 bits per heavy atom. The summed E-state index contributed by atoms with van der Waals surface area (Å²) in [6, 6.07) is 3.71. The lowest BCUT2D eigenvalue weighted by Gasteiger charge is -2.08. The molecular weight excluding hydrogens is 281 g/mol. The molecule has 0 aliphatic rings. The van der Waals surface area contributed by atoms with Crippen LogP contribution >= 0.6 is 0 Å². The molecule has 0 aromatic heterocycles. The maximum atomic E-state index is 13.3. The SMILES string of the molecule is O=C(Nc1c(F)cccc1F)c1cc(F)c(F)c(F)c1. The van der Waals surface area contributed by atoms with Gasteiger partial charge in [0.05, 0.1) is 0 Å². The second-order valence-corrected chi connectivity index (χ2v) is 3.80. The Morgan fingerprint density at radius 3 is 1.85 bits per heavy atom. The summed E-state index contributed by atoms with van der Waals surface area (Å²) in [6.07, 6.45) is 0. The highest BCUT2D eigenvalue weighted by atomic mass is 19.2. The Morgan fingerprint density at radius 1 is 0.850 bits per heavy atom. The van der Waals surface area contributed by atoms with Crippen molar-refractivity contribution in [3.63, 3.8) is 0 Å². The number of halogens is 5. The molecule has 1 N–H and O–H groups in total. The topological polar surface area (TPSA) is 29.1 Å². The Labute approximate surface area is 109 Å². The number of carbonyl (C=O) groups is 1. The number of nitrogens with one attached hydrogen (secondary N) is 1. The van der Waals surface area contributed by atoms with Crippen LogP contribution in [0.3, 0.4) is 0 Å². The van der Waals surface area contributed by atoms with Crippen molar-refractivity contribution >= 4 is 11.6 Å². The Kier molecular flexibility index (Phi) is 3.69. The predicted octanol–water partition coefficient (Wildman–Crippen LogP) is 3.63. The Bertz CT molecular complexity index is 643. The molecule has 0 fully saturated rings. The predicted molar refractivity (Wildman–Crippen MR) is 60.6 cm³/mol. The second-order valence-electron chi connectivity index (χ2n) is 3.80. The molecule has 2 aromatic rings. The molecule has 0 spiro atoms. The van der Waals surface area contributed by atoms with E-state index in [4.69, 9.17) is 0 Å². The summed E-state index contributed by atoms with van der Waals surface area (Å²) in [6.45, 7) is 0. The fourth-order valence-corrected chi connectivity index (χ4v) is 1.49. The van der Waals surface area contributed by atoms with E-state index < -0.39 is 46.2 Å². The van der Waals surface area contributed by atoms with Crippen LogP contribution in [-0.2, 0) is 0 Å². The maximum Gasteiger partial charge on any atom is 0.256 e. The van der Waals surface area contributed by atoms with Gasteiger partial charge in [-0.05, 0) is 24.3 Å². The molecule has 2 rings (SSSR count). The molecule has 1 amide bonds. The lowest BCUT2D eigenvalue weighted by Crippen LogP contribution is -2.15. The van der Waals surface area contributed by atoms with E-state index in [2.05, 4.69) is 0 Å². The first kappa shape index (κ1) is 14.0. The van der Waals surface area contributed by atoms with Crippen molar-refractivity contribution in [2.24, 2.45) is 0 Å². The first-order chi connectivity index (χ1) is 9.40. The van der Waals surface area contributed by atoms with Crippen LogP contribution in [0.2, 0.25) is 0 Å². The van der Waals surface area contributed by atoms with E-state index in [1.165, 1.54) is 0 Å². The summed E-state index contributed by atoms with van der Waals surface area (Å²) in [7, 11) is 0.